The van der Waals surface area contributed by atoms with Gasteiger partial charge in [0, 0.05) is 10.4 Å². The maximum Gasteiger partial charge on any atom is 0.329 e. The topological polar surface area (TPSA) is 84.9 Å². The van der Waals surface area contributed by atoms with Crippen LogP contribution in [0.25, 0.3) is 10.8 Å². The molecule has 0 aliphatic carbocycles. The van der Waals surface area contributed by atoms with Crippen LogP contribution in [0.5, 0.6) is 11.5 Å². The van der Waals surface area contributed by atoms with Crippen molar-refractivity contribution >= 4 is 34.2 Å². The number of carboxylic acids is 1. The molecule has 0 fully saturated rings. The molecule has 0 aliphatic heterocycles. The Hall–Kier alpha value is -3.25. The molecular weight excluding hydrogens is 418 g/mol. The summed E-state index contributed by atoms with van der Waals surface area (Å²) in [6.45, 7) is 3.64. The van der Waals surface area contributed by atoms with E-state index >= 15 is 0 Å². The molecule has 2 N–H and O–H groups in total. The van der Waals surface area contributed by atoms with E-state index < -0.39 is 17.4 Å². The fourth-order valence-corrected chi connectivity index (χ4v) is 3.15. The van der Waals surface area contributed by atoms with Crippen molar-refractivity contribution in [2.75, 3.05) is 13.2 Å². The molecule has 1 unspecified atom stereocenters. The molecule has 0 bridgehead atoms. The third-order valence-corrected chi connectivity index (χ3v) is 5.36. The van der Waals surface area contributed by atoms with E-state index in [2.05, 4.69) is 5.32 Å². The molecule has 1 atom stereocenters. The highest BCUT2D eigenvalue weighted by Crippen LogP contribution is 2.30. The van der Waals surface area contributed by atoms with Gasteiger partial charge in [0.1, 0.15) is 30.3 Å². The molecule has 3 aromatic rings. The van der Waals surface area contributed by atoms with Crippen LogP contribution in [0, 0.1) is 0 Å². The van der Waals surface area contributed by atoms with Crippen molar-refractivity contribution in [3.63, 3.8) is 0 Å². The van der Waals surface area contributed by atoms with Gasteiger partial charge in [-0.1, -0.05) is 48.9 Å². The first-order valence-corrected chi connectivity index (χ1v) is 10.3. The van der Waals surface area contributed by atoms with Crippen molar-refractivity contribution in [1.82, 2.24) is 5.32 Å². The lowest BCUT2D eigenvalue weighted by molar-refractivity contribution is -0.143. The second kappa shape index (κ2) is 9.71. The fourth-order valence-electron chi connectivity index (χ4n) is 3.02. The molecule has 0 radical (unpaired) electrons. The first-order chi connectivity index (χ1) is 14.8. The molecule has 162 valence electrons. The van der Waals surface area contributed by atoms with Crippen LogP contribution >= 0.6 is 11.6 Å². The van der Waals surface area contributed by atoms with Gasteiger partial charge >= 0.3 is 5.97 Å². The second-order valence-corrected chi connectivity index (χ2v) is 7.70. The lowest BCUT2D eigenvalue weighted by Gasteiger charge is -2.25. The number of amides is 1. The van der Waals surface area contributed by atoms with Crippen LogP contribution in [0.2, 0.25) is 5.02 Å². The lowest BCUT2D eigenvalue weighted by atomic mass is 9.97. The van der Waals surface area contributed by atoms with Crippen LogP contribution in [0.15, 0.2) is 60.7 Å². The van der Waals surface area contributed by atoms with Crippen LogP contribution in [0.4, 0.5) is 0 Å². The Morgan fingerprint density at radius 2 is 1.68 bits per heavy atom. The average Bonchev–Trinajstić information content (AvgIpc) is 2.77. The van der Waals surface area contributed by atoms with Gasteiger partial charge in [-0.15, -0.1) is 0 Å². The molecule has 0 heterocycles. The Bertz CT molecular complexity index is 1080. The molecule has 3 rings (SSSR count). The van der Waals surface area contributed by atoms with Crippen LogP contribution in [0.1, 0.15) is 30.6 Å². The van der Waals surface area contributed by atoms with Crippen molar-refractivity contribution in [3.8, 4) is 11.5 Å². The van der Waals surface area contributed by atoms with Crippen LogP contribution in [-0.4, -0.2) is 35.7 Å². The first kappa shape index (κ1) is 22.4. The number of halogens is 1. The first-order valence-electron chi connectivity index (χ1n) is 9.93. The number of rotatable bonds is 9. The van der Waals surface area contributed by atoms with Crippen LogP contribution in [0.3, 0.4) is 0 Å². The molecule has 31 heavy (non-hydrogen) atoms. The van der Waals surface area contributed by atoms with Gasteiger partial charge in [-0.25, -0.2) is 4.79 Å². The number of carbonyl (C=O) groups excluding carboxylic acids is 1. The zero-order chi connectivity index (χ0) is 22.4. The molecule has 1 amide bonds. The zero-order valence-corrected chi connectivity index (χ0v) is 18.1. The third-order valence-electron chi connectivity index (χ3n) is 5.10. The fraction of sp³-hybridized carbons (Fsp3) is 0.250. The smallest absolute Gasteiger partial charge is 0.329 e. The van der Waals surface area contributed by atoms with Gasteiger partial charge in [0.05, 0.1) is 5.56 Å². The molecule has 0 spiro atoms. The quantitative estimate of drug-likeness (QED) is 0.460. The lowest BCUT2D eigenvalue weighted by Crippen LogP contribution is -2.51. The standard InChI is InChI=1S/C24H24ClNO5/c1-3-24(2,23(28)29)26-22(27)20-13-8-16-6-4-5-7-19(16)21(20)31-15-14-30-18-11-9-17(25)10-12-18/h4-13H,3,14-15H2,1-2H3,(H,26,27)(H,28,29). The third kappa shape index (κ3) is 5.27. The van der Waals surface area contributed by atoms with Crippen LogP contribution < -0.4 is 14.8 Å². The monoisotopic (exact) mass is 441 g/mol. The predicted octanol–water partition coefficient (Wildman–Crippen LogP) is 4.93. The van der Waals surface area contributed by atoms with Crippen molar-refractivity contribution in [2.45, 2.75) is 25.8 Å². The summed E-state index contributed by atoms with van der Waals surface area (Å²) in [5.74, 6) is -0.558. The second-order valence-electron chi connectivity index (χ2n) is 7.26. The van der Waals surface area contributed by atoms with E-state index in [-0.39, 0.29) is 25.2 Å². The van der Waals surface area contributed by atoms with E-state index in [1.165, 1.54) is 6.92 Å². The van der Waals surface area contributed by atoms with Gasteiger partial charge < -0.3 is 19.9 Å². The Balaban J connectivity index is 1.81. The molecule has 0 saturated carbocycles. The predicted molar refractivity (Wildman–Crippen MR) is 120 cm³/mol. The summed E-state index contributed by atoms with van der Waals surface area (Å²) in [6, 6.07) is 18.0. The average molecular weight is 442 g/mol. The highest BCUT2D eigenvalue weighted by atomic mass is 35.5. The SMILES string of the molecule is CCC(C)(NC(=O)c1ccc2ccccc2c1OCCOc1ccc(Cl)cc1)C(=O)O. The zero-order valence-electron chi connectivity index (χ0n) is 17.4. The van der Waals surface area contributed by atoms with Crippen molar-refractivity contribution in [2.24, 2.45) is 0 Å². The maximum atomic E-state index is 13.0. The minimum absolute atomic E-state index is 0.195. The number of benzene rings is 3. The number of aliphatic carboxylic acids is 1. The van der Waals surface area contributed by atoms with E-state index in [4.69, 9.17) is 21.1 Å². The van der Waals surface area contributed by atoms with Gasteiger partial charge in [-0.2, -0.15) is 0 Å². The highest BCUT2D eigenvalue weighted by Gasteiger charge is 2.34. The van der Waals surface area contributed by atoms with Gasteiger partial charge in [-0.05, 0) is 49.1 Å². The number of hydrogen-bond acceptors (Lipinski definition) is 4. The summed E-state index contributed by atoms with van der Waals surface area (Å²) in [7, 11) is 0. The van der Waals surface area contributed by atoms with Crippen molar-refractivity contribution in [1.29, 1.82) is 0 Å². The number of carboxylic acid groups (broad SMARTS) is 1. The van der Waals surface area contributed by atoms with E-state index in [0.29, 0.717) is 16.5 Å². The number of ether oxygens (including phenoxy) is 2. The minimum Gasteiger partial charge on any atom is -0.490 e. The Kier molecular flexibility index (Phi) is 7.02. The largest absolute Gasteiger partial charge is 0.490 e. The summed E-state index contributed by atoms with van der Waals surface area (Å²) in [6.07, 6.45) is 0.243. The Labute approximate surface area is 185 Å². The maximum absolute atomic E-state index is 13.0. The van der Waals surface area contributed by atoms with Crippen LogP contribution in [-0.2, 0) is 4.79 Å². The van der Waals surface area contributed by atoms with Crippen molar-refractivity contribution in [3.05, 3.63) is 71.2 Å². The molecule has 0 aliphatic rings. The summed E-state index contributed by atoms with van der Waals surface area (Å²) in [5.41, 5.74) is -1.11. The van der Waals surface area contributed by atoms with Gasteiger partial charge in [0.15, 0.2) is 0 Å². The Morgan fingerprint density at radius 3 is 2.35 bits per heavy atom. The van der Waals surface area contributed by atoms with E-state index in [9.17, 15) is 14.7 Å². The summed E-state index contributed by atoms with van der Waals surface area (Å²) < 4.78 is 11.6. The highest BCUT2D eigenvalue weighted by molar-refractivity contribution is 6.30. The summed E-state index contributed by atoms with van der Waals surface area (Å²) in [4.78, 5) is 24.6. The van der Waals surface area contributed by atoms with Crippen molar-refractivity contribution < 1.29 is 24.2 Å². The molecule has 0 saturated heterocycles. The molecule has 3 aromatic carbocycles. The van der Waals surface area contributed by atoms with E-state index in [1.54, 1.807) is 37.3 Å². The summed E-state index contributed by atoms with van der Waals surface area (Å²) in [5, 5.41) is 14.4. The number of nitrogens with one attached hydrogen (secondary N) is 1. The number of carbonyl (C=O) groups is 2. The van der Waals surface area contributed by atoms with Gasteiger partial charge in [-0.3, -0.25) is 4.79 Å². The molecule has 0 aromatic heterocycles. The normalized spacial score (nSPS) is 12.7. The number of fused-ring (bicyclic) bond motifs is 1. The molecular formula is C24H24ClNO5. The van der Waals surface area contributed by atoms with E-state index in [1.807, 2.05) is 30.3 Å². The molecule has 7 heteroatoms. The Morgan fingerprint density at radius 1 is 1.00 bits per heavy atom. The van der Waals surface area contributed by atoms with Gasteiger partial charge in [0.25, 0.3) is 5.91 Å². The minimum atomic E-state index is -1.38. The summed E-state index contributed by atoms with van der Waals surface area (Å²) >= 11 is 5.88. The van der Waals surface area contributed by atoms with E-state index in [0.717, 1.165) is 10.8 Å². The van der Waals surface area contributed by atoms with Gasteiger partial charge in [0.2, 0.25) is 0 Å². The number of hydrogen-bond donors (Lipinski definition) is 2. The molecule has 6 nitrogen and oxygen atoms in total.